The number of hydrogen-bond acceptors (Lipinski definition) is 1. The van der Waals surface area contributed by atoms with Gasteiger partial charge in [-0.2, -0.15) is 0 Å². The highest BCUT2D eigenvalue weighted by Gasteiger charge is 2.13. The van der Waals surface area contributed by atoms with Gasteiger partial charge in [-0.25, -0.2) is 0 Å². The predicted octanol–water partition coefficient (Wildman–Crippen LogP) is 5.29. The van der Waals surface area contributed by atoms with E-state index in [0.717, 1.165) is 36.3 Å². The third-order valence-electron chi connectivity index (χ3n) is 5.57. The Labute approximate surface area is 157 Å². The highest BCUT2D eigenvalue weighted by Crippen LogP contribution is 2.29. The molecule has 1 aliphatic carbocycles. The molecule has 0 heterocycles. The van der Waals surface area contributed by atoms with E-state index < -0.39 is 0 Å². The molecule has 25 heavy (non-hydrogen) atoms. The van der Waals surface area contributed by atoms with Crippen LogP contribution in [0.3, 0.4) is 0 Å². The highest BCUT2D eigenvalue weighted by molar-refractivity contribution is 5.75. The molecular formula is C22H45N2O+. The smallest absolute Gasteiger partial charge is 0.219 e. The summed E-state index contributed by atoms with van der Waals surface area (Å²) in [7, 11) is 6.58. The number of amides is 1. The van der Waals surface area contributed by atoms with Crippen molar-refractivity contribution in [3.05, 3.63) is 0 Å². The molecule has 1 amide bonds. The van der Waals surface area contributed by atoms with Gasteiger partial charge in [0.05, 0.1) is 27.7 Å². The summed E-state index contributed by atoms with van der Waals surface area (Å²) in [5.74, 6) is 1.31. The van der Waals surface area contributed by atoms with E-state index in [2.05, 4.69) is 26.5 Å². The van der Waals surface area contributed by atoms with Crippen molar-refractivity contribution in [2.75, 3.05) is 34.2 Å². The maximum absolute atomic E-state index is 11.8. The number of nitrogens with one attached hydrogen (secondary N) is 1. The van der Waals surface area contributed by atoms with Crippen LogP contribution >= 0.6 is 0 Å². The van der Waals surface area contributed by atoms with Gasteiger partial charge >= 0.3 is 0 Å². The summed E-state index contributed by atoms with van der Waals surface area (Å²) < 4.78 is 0.969. The number of carbonyl (C=O) groups is 1. The van der Waals surface area contributed by atoms with Gasteiger partial charge in [-0.1, -0.05) is 77.0 Å². The van der Waals surface area contributed by atoms with Crippen molar-refractivity contribution in [2.24, 2.45) is 5.92 Å². The van der Waals surface area contributed by atoms with Crippen molar-refractivity contribution in [1.82, 2.24) is 5.32 Å². The molecular weight excluding hydrogens is 308 g/mol. The van der Waals surface area contributed by atoms with Crippen molar-refractivity contribution in [3.8, 4) is 0 Å². The molecule has 0 spiro atoms. The third kappa shape index (κ3) is 14.3. The van der Waals surface area contributed by atoms with Crippen molar-refractivity contribution >= 4 is 5.91 Å². The van der Waals surface area contributed by atoms with Gasteiger partial charge in [0.2, 0.25) is 5.91 Å². The second-order valence-electron chi connectivity index (χ2n) is 9.24. The lowest BCUT2D eigenvalue weighted by molar-refractivity contribution is -0.870. The van der Waals surface area contributed by atoms with Crippen LogP contribution in [0.2, 0.25) is 0 Å². The first-order chi connectivity index (χ1) is 12.0. The average molecular weight is 354 g/mol. The molecule has 1 fully saturated rings. The number of nitrogens with zero attached hydrogens (tertiary/aromatic N) is 1. The molecule has 3 nitrogen and oxygen atoms in total. The van der Waals surface area contributed by atoms with Crippen LogP contribution in [0.5, 0.6) is 0 Å². The van der Waals surface area contributed by atoms with Gasteiger partial charge in [-0.3, -0.25) is 4.79 Å². The van der Waals surface area contributed by atoms with E-state index in [0.29, 0.717) is 6.42 Å². The summed E-state index contributed by atoms with van der Waals surface area (Å²) in [5, 5.41) is 3.05. The van der Waals surface area contributed by atoms with E-state index in [4.69, 9.17) is 0 Å². The van der Waals surface area contributed by atoms with Gasteiger partial charge in [0.1, 0.15) is 0 Å². The van der Waals surface area contributed by atoms with Crippen LogP contribution in [0.15, 0.2) is 0 Å². The van der Waals surface area contributed by atoms with Gasteiger partial charge < -0.3 is 9.80 Å². The summed E-state index contributed by atoms with van der Waals surface area (Å²) >= 11 is 0. The maximum atomic E-state index is 11.8. The zero-order valence-corrected chi connectivity index (χ0v) is 17.5. The molecule has 1 aliphatic rings. The molecule has 0 aromatic carbocycles. The quantitative estimate of drug-likeness (QED) is 0.314. The monoisotopic (exact) mass is 353 g/mol. The minimum Gasteiger partial charge on any atom is -0.356 e. The molecule has 1 saturated carbocycles. The van der Waals surface area contributed by atoms with E-state index in [9.17, 15) is 4.79 Å². The molecule has 0 bridgehead atoms. The van der Waals surface area contributed by atoms with Crippen molar-refractivity contribution in [2.45, 2.75) is 96.3 Å². The maximum Gasteiger partial charge on any atom is 0.219 e. The number of carbonyl (C=O) groups excluding carboxylic acids is 1. The highest BCUT2D eigenvalue weighted by atomic mass is 16.1. The molecule has 0 aromatic heterocycles. The lowest BCUT2D eigenvalue weighted by Gasteiger charge is -2.23. The molecule has 148 valence electrons. The normalized spacial score (nSPS) is 15.6. The predicted molar refractivity (Wildman–Crippen MR) is 109 cm³/mol. The van der Waals surface area contributed by atoms with E-state index in [1.165, 1.54) is 77.0 Å². The summed E-state index contributed by atoms with van der Waals surface area (Å²) in [6.45, 7) is 1.94. The van der Waals surface area contributed by atoms with Crippen LogP contribution in [-0.4, -0.2) is 44.6 Å². The van der Waals surface area contributed by atoms with Gasteiger partial charge in [-0.15, -0.1) is 0 Å². The number of rotatable bonds is 15. The van der Waals surface area contributed by atoms with Gasteiger partial charge in [0.25, 0.3) is 0 Å². The lowest BCUT2D eigenvalue weighted by Crippen LogP contribution is -2.37. The van der Waals surface area contributed by atoms with Crippen molar-refractivity contribution in [1.29, 1.82) is 0 Å². The standard InChI is InChI=1S/C22H44N2O/c1-24(2,3)20-14-19-23-22(25)18-11-9-7-5-4-6-8-10-15-21-16-12-13-17-21/h21H,4-20H2,1-3H3/p+1. The van der Waals surface area contributed by atoms with Crippen LogP contribution in [-0.2, 0) is 4.79 Å². The Balaban J connectivity index is 1.76. The Morgan fingerprint density at radius 2 is 1.40 bits per heavy atom. The summed E-state index contributed by atoms with van der Waals surface area (Å²) in [4.78, 5) is 11.8. The largest absolute Gasteiger partial charge is 0.356 e. The molecule has 1 rings (SSSR count). The Bertz CT molecular complexity index is 329. The Morgan fingerprint density at radius 3 is 2.00 bits per heavy atom. The topological polar surface area (TPSA) is 29.1 Å². The zero-order valence-electron chi connectivity index (χ0n) is 17.5. The molecule has 1 N–H and O–H groups in total. The van der Waals surface area contributed by atoms with Gasteiger partial charge in [0.15, 0.2) is 0 Å². The Morgan fingerprint density at radius 1 is 0.840 bits per heavy atom. The van der Waals surface area contributed by atoms with Crippen LogP contribution < -0.4 is 5.32 Å². The van der Waals surface area contributed by atoms with Crippen LogP contribution in [0, 0.1) is 5.92 Å². The first kappa shape index (κ1) is 22.5. The van der Waals surface area contributed by atoms with E-state index in [1.54, 1.807) is 0 Å². The lowest BCUT2D eigenvalue weighted by atomic mass is 9.99. The molecule has 0 saturated heterocycles. The van der Waals surface area contributed by atoms with Gasteiger partial charge in [0, 0.05) is 19.4 Å². The minimum atomic E-state index is 0.244. The summed E-state index contributed by atoms with van der Waals surface area (Å²) in [6.07, 6.45) is 19.9. The van der Waals surface area contributed by atoms with Gasteiger partial charge in [-0.05, 0) is 12.3 Å². The fourth-order valence-corrected chi connectivity index (χ4v) is 3.95. The molecule has 0 aromatic rings. The van der Waals surface area contributed by atoms with E-state index >= 15 is 0 Å². The SMILES string of the molecule is C[N+](C)(C)CCCNC(=O)CCCCCCCCCCC1CCCC1. The first-order valence-electron chi connectivity index (χ1n) is 11.0. The number of unbranched alkanes of at least 4 members (excludes halogenated alkanes) is 7. The molecule has 0 unspecified atom stereocenters. The van der Waals surface area contributed by atoms with Crippen LogP contribution in [0.25, 0.3) is 0 Å². The van der Waals surface area contributed by atoms with Crippen LogP contribution in [0.1, 0.15) is 96.3 Å². The van der Waals surface area contributed by atoms with Crippen molar-refractivity contribution in [3.63, 3.8) is 0 Å². The fourth-order valence-electron chi connectivity index (χ4n) is 3.95. The number of quaternary nitrogens is 1. The number of hydrogen-bond donors (Lipinski definition) is 1. The Kier molecular flexibility index (Phi) is 12.2. The molecule has 0 radical (unpaired) electrons. The fraction of sp³-hybridized carbons (Fsp3) is 0.955. The Hall–Kier alpha value is -0.570. The summed E-state index contributed by atoms with van der Waals surface area (Å²) in [6, 6.07) is 0. The first-order valence-corrected chi connectivity index (χ1v) is 11.0. The minimum absolute atomic E-state index is 0.244. The molecule has 3 heteroatoms. The molecule has 0 aliphatic heterocycles. The van der Waals surface area contributed by atoms with Crippen LogP contribution in [0.4, 0.5) is 0 Å². The zero-order chi connectivity index (χ0) is 18.4. The average Bonchev–Trinajstić information content (AvgIpc) is 3.06. The second-order valence-corrected chi connectivity index (χ2v) is 9.24. The second kappa shape index (κ2) is 13.6. The molecule has 0 atom stereocenters. The van der Waals surface area contributed by atoms with E-state index in [1.807, 2.05) is 0 Å². The van der Waals surface area contributed by atoms with Crippen molar-refractivity contribution < 1.29 is 9.28 Å². The summed E-state index contributed by atoms with van der Waals surface area (Å²) in [5.41, 5.74) is 0. The third-order valence-corrected chi connectivity index (χ3v) is 5.57. The van der Waals surface area contributed by atoms with E-state index in [-0.39, 0.29) is 5.91 Å².